The van der Waals surface area contributed by atoms with E-state index in [1.54, 1.807) is 0 Å². The molecule has 1 aliphatic rings. The zero-order valence-electron chi connectivity index (χ0n) is 11.4. The quantitative estimate of drug-likeness (QED) is 0.731. The summed E-state index contributed by atoms with van der Waals surface area (Å²) in [6.45, 7) is 3.24. The molecule has 1 aromatic rings. The number of aromatic nitrogens is 2. The van der Waals surface area contributed by atoms with Crippen LogP contribution in [0.1, 0.15) is 50.2 Å². The summed E-state index contributed by atoms with van der Waals surface area (Å²) in [7, 11) is 0. The van der Waals surface area contributed by atoms with E-state index in [0.717, 1.165) is 12.2 Å². The van der Waals surface area contributed by atoms with Crippen LogP contribution >= 0.6 is 0 Å². The maximum Gasteiger partial charge on any atom is 0.226 e. The Morgan fingerprint density at radius 1 is 1.58 bits per heavy atom. The highest BCUT2D eigenvalue weighted by molar-refractivity contribution is 5.75. The molecule has 0 aliphatic heterocycles. The van der Waals surface area contributed by atoms with E-state index in [0.29, 0.717) is 43.7 Å². The first-order valence-corrected chi connectivity index (χ1v) is 6.98. The Balaban J connectivity index is 1.61. The van der Waals surface area contributed by atoms with Gasteiger partial charge in [-0.3, -0.25) is 4.79 Å². The Hall–Kier alpha value is -1.43. The van der Waals surface area contributed by atoms with Crippen LogP contribution in [0.5, 0.6) is 0 Å². The Morgan fingerprint density at radius 2 is 2.37 bits per heavy atom. The predicted molar refractivity (Wildman–Crippen MR) is 70.4 cm³/mol. The van der Waals surface area contributed by atoms with Gasteiger partial charge in [0, 0.05) is 25.3 Å². The number of rotatable bonds is 8. The van der Waals surface area contributed by atoms with Crippen molar-refractivity contribution in [3.05, 3.63) is 11.7 Å². The zero-order valence-corrected chi connectivity index (χ0v) is 11.4. The first kappa shape index (κ1) is 14.0. The summed E-state index contributed by atoms with van der Waals surface area (Å²) in [6.07, 6.45) is 4.22. The number of hydrogen-bond donors (Lipinski definition) is 2. The molecule has 106 valence electrons. The van der Waals surface area contributed by atoms with Crippen molar-refractivity contribution in [2.24, 2.45) is 11.7 Å². The molecule has 0 spiro atoms. The molecular formula is C13H22N4O2. The molecule has 0 radical (unpaired) electrons. The van der Waals surface area contributed by atoms with E-state index in [4.69, 9.17) is 10.3 Å². The summed E-state index contributed by atoms with van der Waals surface area (Å²) >= 11 is 0. The molecule has 3 N–H and O–H groups in total. The molecule has 1 amide bonds. The molecule has 6 nitrogen and oxygen atoms in total. The van der Waals surface area contributed by atoms with Crippen LogP contribution < -0.4 is 11.1 Å². The van der Waals surface area contributed by atoms with Crippen LogP contribution in [-0.2, 0) is 11.2 Å². The predicted octanol–water partition coefficient (Wildman–Crippen LogP) is 0.981. The molecule has 1 heterocycles. The van der Waals surface area contributed by atoms with Crippen molar-refractivity contribution in [2.45, 2.75) is 44.9 Å². The van der Waals surface area contributed by atoms with Crippen LogP contribution in [-0.4, -0.2) is 29.1 Å². The zero-order chi connectivity index (χ0) is 13.7. The number of nitrogens with one attached hydrogen (secondary N) is 1. The van der Waals surface area contributed by atoms with Crippen molar-refractivity contribution >= 4 is 5.91 Å². The maximum absolute atomic E-state index is 11.6. The van der Waals surface area contributed by atoms with Gasteiger partial charge in [-0.2, -0.15) is 4.98 Å². The van der Waals surface area contributed by atoms with Gasteiger partial charge in [0.1, 0.15) is 0 Å². The van der Waals surface area contributed by atoms with E-state index in [-0.39, 0.29) is 5.91 Å². The molecule has 19 heavy (non-hydrogen) atoms. The second kappa shape index (κ2) is 6.65. The first-order chi connectivity index (χ1) is 9.19. The summed E-state index contributed by atoms with van der Waals surface area (Å²) in [5.74, 6) is 2.36. The number of carbonyl (C=O) groups excluding carboxylic acids is 1. The molecule has 2 rings (SSSR count). The molecule has 1 aromatic heterocycles. The van der Waals surface area contributed by atoms with Gasteiger partial charge in [0.15, 0.2) is 5.82 Å². The third-order valence-corrected chi connectivity index (χ3v) is 3.27. The highest BCUT2D eigenvalue weighted by Gasteiger charge is 2.28. The lowest BCUT2D eigenvalue weighted by molar-refractivity contribution is -0.121. The molecule has 0 saturated heterocycles. The summed E-state index contributed by atoms with van der Waals surface area (Å²) in [4.78, 5) is 15.9. The first-order valence-electron chi connectivity index (χ1n) is 6.98. The summed E-state index contributed by atoms with van der Waals surface area (Å²) < 4.78 is 5.15. The minimum absolute atomic E-state index is 0.0576. The number of nitrogens with two attached hydrogens (primary N) is 1. The molecule has 1 unspecified atom stereocenters. The van der Waals surface area contributed by atoms with Crippen molar-refractivity contribution in [1.29, 1.82) is 0 Å². The van der Waals surface area contributed by atoms with E-state index in [1.165, 1.54) is 12.8 Å². The topological polar surface area (TPSA) is 94.0 Å². The van der Waals surface area contributed by atoms with Crippen molar-refractivity contribution in [2.75, 3.05) is 13.1 Å². The van der Waals surface area contributed by atoms with E-state index in [9.17, 15) is 4.79 Å². The summed E-state index contributed by atoms with van der Waals surface area (Å²) in [6, 6.07) is 0. The lowest BCUT2D eigenvalue weighted by Crippen LogP contribution is -2.31. The van der Waals surface area contributed by atoms with Gasteiger partial charge in [-0.25, -0.2) is 0 Å². The standard InChI is InChI=1S/C13H22N4O2/c1-9(7-14)8-15-11(18)3-2-4-12-16-13(17-19-12)10-5-6-10/h9-10H,2-8,14H2,1H3,(H,15,18). The van der Waals surface area contributed by atoms with E-state index in [1.807, 2.05) is 6.92 Å². The SMILES string of the molecule is CC(CN)CNC(=O)CCCc1nc(C2CC2)no1. The summed E-state index contributed by atoms with van der Waals surface area (Å²) in [5, 5.41) is 6.81. The van der Waals surface area contributed by atoms with E-state index >= 15 is 0 Å². The fourth-order valence-corrected chi connectivity index (χ4v) is 1.74. The molecule has 0 aromatic carbocycles. The number of hydrogen-bond acceptors (Lipinski definition) is 5. The minimum Gasteiger partial charge on any atom is -0.356 e. The van der Waals surface area contributed by atoms with Crippen molar-refractivity contribution in [3.63, 3.8) is 0 Å². The summed E-state index contributed by atoms with van der Waals surface area (Å²) in [5.41, 5.74) is 5.49. The van der Waals surface area contributed by atoms with Gasteiger partial charge in [0.05, 0.1) is 0 Å². The van der Waals surface area contributed by atoms with Crippen LogP contribution in [0.4, 0.5) is 0 Å². The highest BCUT2D eigenvalue weighted by Crippen LogP contribution is 2.38. The van der Waals surface area contributed by atoms with Gasteiger partial charge in [-0.1, -0.05) is 12.1 Å². The smallest absolute Gasteiger partial charge is 0.226 e. The third-order valence-electron chi connectivity index (χ3n) is 3.27. The Kier molecular flexibility index (Phi) is 4.90. The number of aryl methyl sites for hydroxylation is 1. The fraction of sp³-hybridized carbons (Fsp3) is 0.769. The maximum atomic E-state index is 11.6. The van der Waals surface area contributed by atoms with Crippen molar-refractivity contribution in [1.82, 2.24) is 15.5 Å². The van der Waals surface area contributed by atoms with Gasteiger partial charge in [0.25, 0.3) is 0 Å². The van der Waals surface area contributed by atoms with Gasteiger partial charge in [-0.15, -0.1) is 0 Å². The van der Waals surface area contributed by atoms with Crippen LogP contribution in [0.25, 0.3) is 0 Å². The Morgan fingerprint density at radius 3 is 3.05 bits per heavy atom. The van der Waals surface area contributed by atoms with Crippen LogP contribution in [0, 0.1) is 5.92 Å². The van der Waals surface area contributed by atoms with Crippen LogP contribution in [0.2, 0.25) is 0 Å². The van der Waals surface area contributed by atoms with E-state index < -0.39 is 0 Å². The second-order valence-corrected chi connectivity index (χ2v) is 5.32. The van der Waals surface area contributed by atoms with Gasteiger partial charge >= 0.3 is 0 Å². The minimum atomic E-state index is 0.0576. The van der Waals surface area contributed by atoms with Crippen LogP contribution in [0.15, 0.2) is 4.52 Å². The molecule has 1 atom stereocenters. The number of nitrogens with zero attached hydrogens (tertiary/aromatic N) is 2. The molecule has 1 saturated carbocycles. The Bertz CT molecular complexity index is 415. The van der Waals surface area contributed by atoms with Gasteiger partial charge in [0.2, 0.25) is 11.8 Å². The van der Waals surface area contributed by atoms with Crippen molar-refractivity contribution < 1.29 is 9.32 Å². The molecule has 6 heteroatoms. The van der Waals surface area contributed by atoms with E-state index in [2.05, 4.69) is 15.5 Å². The average molecular weight is 266 g/mol. The number of carbonyl (C=O) groups is 1. The van der Waals surface area contributed by atoms with Gasteiger partial charge in [-0.05, 0) is 31.7 Å². The molecule has 1 fully saturated rings. The molecule has 0 bridgehead atoms. The number of amides is 1. The Labute approximate surface area is 113 Å². The lowest BCUT2D eigenvalue weighted by atomic mass is 10.2. The largest absolute Gasteiger partial charge is 0.356 e. The van der Waals surface area contributed by atoms with Crippen molar-refractivity contribution in [3.8, 4) is 0 Å². The fourth-order valence-electron chi connectivity index (χ4n) is 1.74. The second-order valence-electron chi connectivity index (χ2n) is 5.32. The highest BCUT2D eigenvalue weighted by atomic mass is 16.5. The molecule has 1 aliphatic carbocycles. The van der Waals surface area contributed by atoms with Gasteiger partial charge < -0.3 is 15.6 Å². The molecular weight excluding hydrogens is 244 g/mol. The normalized spacial score (nSPS) is 16.3. The monoisotopic (exact) mass is 266 g/mol. The van der Waals surface area contributed by atoms with Crippen LogP contribution in [0.3, 0.4) is 0 Å². The average Bonchev–Trinajstić information content (AvgIpc) is 3.16. The third kappa shape index (κ3) is 4.63. The lowest BCUT2D eigenvalue weighted by Gasteiger charge is -2.09.